The summed E-state index contributed by atoms with van der Waals surface area (Å²) in [6, 6.07) is 17.3. The molecule has 0 saturated carbocycles. The van der Waals surface area contributed by atoms with Crippen molar-refractivity contribution in [1.82, 2.24) is 0 Å². The molecule has 2 aromatic carbocycles. The molecule has 0 saturated heterocycles. The van der Waals surface area contributed by atoms with Crippen molar-refractivity contribution in [3.8, 4) is 0 Å². The first kappa shape index (κ1) is 10.4. The van der Waals surface area contributed by atoms with Crippen LogP contribution in [0.15, 0.2) is 54.6 Å². The highest BCUT2D eigenvalue weighted by molar-refractivity contribution is 5.86. The van der Waals surface area contributed by atoms with Crippen LogP contribution >= 0.6 is 0 Å². The molecule has 2 nitrogen and oxygen atoms in total. The van der Waals surface area contributed by atoms with Crippen LogP contribution in [0.2, 0.25) is 0 Å². The Morgan fingerprint density at radius 3 is 2.25 bits per heavy atom. The van der Waals surface area contributed by atoms with Gasteiger partial charge >= 0.3 is 6.41 Å². The molecule has 0 spiro atoms. The van der Waals surface area contributed by atoms with Gasteiger partial charge in [0, 0.05) is 11.4 Å². The molecule has 2 aromatic rings. The van der Waals surface area contributed by atoms with Crippen molar-refractivity contribution in [2.45, 2.75) is 6.92 Å². The molecule has 2 rings (SSSR count). The minimum Gasteiger partial charge on any atom is -0.273 e. The SMILES string of the molecule is Cc1cccc(N([C]=O)c2ccccc2)c1. The summed E-state index contributed by atoms with van der Waals surface area (Å²) in [4.78, 5) is 12.5. The Hall–Kier alpha value is -2.09. The fourth-order valence-electron chi connectivity index (χ4n) is 1.60. The van der Waals surface area contributed by atoms with Crippen molar-refractivity contribution < 1.29 is 4.79 Å². The lowest BCUT2D eigenvalue weighted by molar-refractivity contribution is 0.556. The van der Waals surface area contributed by atoms with E-state index in [0.29, 0.717) is 0 Å². The molecular formula is C14H12NO. The van der Waals surface area contributed by atoms with Gasteiger partial charge in [-0.3, -0.25) is 9.69 Å². The molecule has 0 bridgehead atoms. The van der Waals surface area contributed by atoms with E-state index in [-0.39, 0.29) is 0 Å². The van der Waals surface area contributed by atoms with Crippen molar-refractivity contribution in [2.24, 2.45) is 0 Å². The number of amides is 1. The number of para-hydroxylation sites is 1. The highest BCUT2D eigenvalue weighted by Gasteiger charge is 2.07. The topological polar surface area (TPSA) is 20.3 Å². The number of carbonyl (C=O) groups excluding carboxylic acids is 1. The number of nitrogens with zero attached hydrogens (tertiary/aromatic N) is 1. The Labute approximate surface area is 95.1 Å². The van der Waals surface area contributed by atoms with Crippen LogP contribution in [-0.2, 0) is 4.79 Å². The molecule has 0 aromatic heterocycles. The molecule has 0 N–H and O–H groups in total. The number of anilines is 2. The summed E-state index contributed by atoms with van der Waals surface area (Å²) >= 11 is 0. The molecule has 0 atom stereocenters. The lowest BCUT2D eigenvalue weighted by Crippen LogP contribution is -2.13. The molecule has 2 heteroatoms. The second-order valence-corrected chi connectivity index (χ2v) is 3.60. The molecule has 1 radical (unpaired) electrons. The zero-order chi connectivity index (χ0) is 11.4. The molecule has 0 aliphatic heterocycles. The Kier molecular flexibility index (Phi) is 3.01. The zero-order valence-corrected chi connectivity index (χ0v) is 9.05. The summed E-state index contributed by atoms with van der Waals surface area (Å²) in [5.41, 5.74) is 2.78. The van der Waals surface area contributed by atoms with Crippen molar-refractivity contribution in [1.29, 1.82) is 0 Å². The van der Waals surface area contributed by atoms with Crippen LogP contribution in [0.25, 0.3) is 0 Å². The highest BCUT2D eigenvalue weighted by Crippen LogP contribution is 2.23. The smallest absolute Gasteiger partial charge is 0.273 e. The summed E-state index contributed by atoms with van der Waals surface area (Å²) in [5, 5.41) is 0. The third-order valence-electron chi connectivity index (χ3n) is 2.37. The van der Waals surface area contributed by atoms with Gasteiger partial charge in [-0.2, -0.15) is 0 Å². The van der Waals surface area contributed by atoms with E-state index in [1.807, 2.05) is 67.9 Å². The Balaban J connectivity index is 2.41. The van der Waals surface area contributed by atoms with Crippen LogP contribution in [-0.4, -0.2) is 6.41 Å². The minimum absolute atomic E-state index is 0.822. The number of rotatable bonds is 3. The lowest BCUT2D eigenvalue weighted by atomic mass is 10.2. The summed E-state index contributed by atoms with van der Waals surface area (Å²) < 4.78 is 0. The molecule has 0 aliphatic rings. The number of hydrogen-bond acceptors (Lipinski definition) is 1. The molecule has 0 fully saturated rings. The fourth-order valence-corrected chi connectivity index (χ4v) is 1.60. The van der Waals surface area contributed by atoms with Gasteiger partial charge in [-0.15, -0.1) is 0 Å². The fraction of sp³-hybridized carbons (Fsp3) is 0.0714. The van der Waals surface area contributed by atoms with Gasteiger partial charge in [-0.05, 0) is 36.8 Å². The van der Waals surface area contributed by atoms with Crippen molar-refractivity contribution in [3.63, 3.8) is 0 Å². The van der Waals surface area contributed by atoms with Crippen molar-refractivity contribution in [2.75, 3.05) is 4.90 Å². The first-order valence-electron chi connectivity index (χ1n) is 5.11. The molecule has 79 valence electrons. The van der Waals surface area contributed by atoms with Gasteiger partial charge in [-0.1, -0.05) is 30.3 Å². The minimum atomic E-state index is 0.822. The summed E-state index contributed by atoms with van der Waals surface area (Å²) in [5.74, 6) is 0. The summed E-state index contributed by atoms with van der Waals surface area (Å²) in [7, 11) is 0. The van der Waals surface area contributed by atoms with Crippen LogP contribution in [0.1, 0.15) is 5.56 Å². The average molecular weight is 210 g/mol. The molecule has 0 unspecified atom stereocenters. The van der Waals surface area contributed by atoms with E-state index in [9.17, 15) is 4.79 Å². The first-order chi connectivity index (χ1) is 7.81. The standard InChI is InChI=1S/C14H12NO/c1-12-6-5-9-14(10-12)15(11-16)13-7-3-2-4-8-13/h2-10H,1H3. The van der Waals surface area contributed by atoms with Gasteiger partial charge in [0.1, 0.15) is 0 Å². The number of benzene rings is 2. The van der Waals surface area contributed by atoms with E-state index in [1.165, 1.54) is 4.90 Å². The zero-order valence-electron chi connectivity index (χ0n) is 9.05. The van der Waals surface area contributed by atoms with E-state index < -0.39 is 0 Å². The molecule has 0 aliphatic carbocycles. The second kappa shape index (κ2) is 4.62. The van der Waals surface area contributed by atoms with Crippen molar-refractivity contribution in [3.05, 3.63) is 60.2 Å². The first-order valence-corrected chi connectivity index (χ1v) is 5.11. The Bertz CT molecular complexity index is 479. The van der Waals surface area contributed by atoms with Crippen LogP contribution in [0.3, 0.4) is 0 Å². The maximum atomic E-state index is 11.0. The molecular weight excluding hydrogens is 198 g/mol. The predicted molar refractivity (Wildman–Crippen MR) is 65.5 cm³/mol. The predicted octanol–water partition coefficient (Wildman–Crippen LogP) is 3.20. The van der Waals surface area contributed by atoms with Gasteiger partial charge in [0.25, 0.3) is 0 Å². The quantitative estimate of drug-likeness (QED) is 0.712. The van der Waals surface area contributed by atoms with E-state index in [0.717, 1.165) is 16.9 Å². The van der Waals surface area contributed by atoms with Crippen LogP contribution in [0.5, 0.6) is 0 Å². The highest BCUT2D eigenvalue weighted by atomic mass is 16.1. The largest absolute Gasteiger partial charge is 0.321 e. The van der Waals surface area contributed by atoms with Crippen LogP contribution in [0.4, 0.5) is 11.4 Å². The summed E-state index contributed by atoms with van der Waals surface area (Å²) in [6.07, 6.45) is 1.95. The van der Waals surface area contributed by atoms with Crippen molar-refractivity contribution >= 4 is 17.8 Å². The van der Waals surface area contributed by atoms with Gasteiger partial charge in [0.05, 0.1) is 0 Å². The normalized spacial score (nSPS) is 9.81. The lowest BCUT2D eigenvalue weighted by Gasteiger charge is -2.16. The second-order valence-electron chi connectivity index (χ2n) is 3.60. The summed E-state index contributed by atoms with van der Waals surface area (Å²) in [6.45, 7) is 2.00. The molecule has 0 heterocycles. The molecule has 1 amide bonds. The van der Waals surface area contributed by atoms with Gasteiger partial charge in [0.2, 0.25) is 0 Å². The number of aryl methyl sites for hydroxylation is 1. The van der Waals surface area contributed by atoms with Gasteiger partial charge in [0.15, 0.2) is 0 Å². The maximum Gasteiger partial charge on any atom is 0.321 e. The third kappa shape index (κ3) is 2.11. The van der Waals surface area contributed by atoms with Crippen LogP contribution in [0, 0.1) is 6.92 Å². The molecule has 16 heavy (non-hydrogen) atoms. The van der Waals surface area contributed by atoms with E-state index in [1.54, 1.807) is 0 Å². The van der Waals surface area contributed by atoms with Gasteiger partial charge in [-0.25, -0.2) is 0 Å². The van der Waals surface area contributed by atoms with E-state index in [2.05, 4.69) is 0 Å². The third-order valence-corrected chi connectivity index (χ3v) is 2.37. The van der Waals surface area contributed by atoms with E-state index >= 15 is 0 Å². The monoisotopic (exact) mass is 210 g/mol. The number of hydrogen-bond donors (Lipinski definition) is 0. The average Bonchev–Trinajstić information content (AvgIpc) is 2.31. The maximum absolute atomic E-state index is 11.0. The van der Waals surface area contributed by atoms with E-state index in [4.69, 9.17) is 0 Å². The Morgan fingerprint density at radius 2 is 1.62 bits per heavy atom. The van der Waals surface area contributed by atoms with Gasteiger partial charge < -0.3 is 0 Å². The Morgan fingerprint density at radius 1 is 0.938 bits per heavy atom. The van der Waals surface area contributed by atoms with Crippen LogP contribution < -0.4 is 4.90 Å².